The number of aliphatic hydroxyl groups excluding tert-OH is 1. The molecule has 0 aromatic heterocycles. The zero-order valence-electron chi connectivity index (χ0n) is 15.0. The first kappa shape index (κ1) is 24.1. The van der Waals surface area contributed by atoms with Crippen LogP contribution < -0.4 is 15.4 Å². The Kier molecular flexibility index (Phi) is 10.6. The van der Waals surface area contributed by atoms with Crippen LogP contribution in [0.3, 0.4) is 0 Å². The lowest BCUT2D eigenvalue weighted by atomic mass is 9.84. The number of hydrogen-bond acceptors (Lipinski definition) is 4. The molecule has 1 aliphatic heterocycles. The van der Waals surface area contributed by atoms with E-state index in [-0.39, 0.29) is 48.3 Å². The molecule has 1 heterocycles. The summed E-state index contributed by atoms with van der Waals surface area (Å²) < 4.78 is 35.0. The summed E-state index contributed by atoms with van der Waals surface area (Å²) in [6, 6.07) is 4.47. The summed E-state index contributed by atoms with van der Waals surface area (Å²) in [6.45, 7) is -0.765. The molecule has 0 spiro atoms. The number of benzene rings is 1. The molecule has 0 amide bonds. The van der Waals surface area contributed by atoms with E-state index < -0.39 is 6.61 Å². The molecule has 1 atom stereocenters. The minimum atomic E-state index is -2.91. The largest absolute Gasteiger partial charge is 0.434 e. The normalized spacial score (nSPS) is 19.7. The van der Waals surface area contributed by atoms with E-state index >= 15 is 0 Å². The molecule has 6 nitrogen and oxygen atoms in total. The molecule has 1 aromatic rings. The van der Waals surface area contributed by atoms with Crippen molar-refractivity contribution in [1.29, 1.82) is 0 Å². The molecule has 1 aliphatic rings. The number of halogens is 4. The summed E-state index contributed by atoms with van der Waals surface area (Å²) in [7, 11) is 1.62. The van der Waals surface area contributed by atoms with Crippen LogP contribution in [0.15, 0.2) is 23.2 Å². The lowest BCUT2D eigenvalue weighted by Crippen LogP contribution is -2.44. The molecule has 0 saturated carbocycles. The summed E-state index contributed by atoms with van der Waals surface area (Å²) in [6.07, 6.45) is 1.50. The number of guanidine groups is 1. The maximum absolute atomic E-state index is 12.5. The van der Waals surface area contributed by atoms with E-state index in [0.717, 1.165) is 6.42 Å². The Bertz CT molecular complexity index is 617. The standard InChI is InChI=1S/C17H24ClF2N3O3.HI/c1-21-16(23-10-17(4-6-24)5-7-25-11-17)22-9-12-8-13(18)2-3-14(12)26-15(19)20;/h2-3,8,15,24H,4-7,9-11H2,1H3,(H2,21,22,23);1H. The molecule has 27 heavy (non-hydrogen) atoms. The van der Waals surface area contributed by atoms with Gasteiger partial charge in [-0.05, 0) is 31.0 Å². The summed E-state index contributed by atoms with van der Waals surface area (Å²) in [5, 5.41) is 16.0. The van der Waals surface area contributed by atoms with Gasteiger partial charge in [-0.1, -0.05) is 11.6 Å². The first-order valence-corrected chi connectivity index (χ1v) is 8.72. The fraction of sp³-hybridized carbons (Fsp3) is 0.588. The minimum Gasteiger partial charge on any atom is -0.434 e. The number of aliphatic hydroxyl groups is 1. The second-order valence-corrected chi connectivity index (χ2v) is 6.62. The Hall–Kier alpha value is -0.910. The highest BCUT2D eigenvalue weighted by molar-refractivity contribution is 14.0. The first-order chi connectivity index (χ1) is 12.5. The molecule has 1 fully saturated rings. The van der Waals surface area contributed by atoms with Gasteiger partial charge in [0.2, 0.25) is 0 Å². The molecule has 1 unspecified atom stereocenters. The van der Waals surface area contributed by atoms with Gasteiger partial charge in [0.1, 0.15) is 5.75 Å². The number of hydrogen-bond donors (Lipinski definition) is 3. The zero-order valence-corrected chi connectivity index (χ0v) is 18.1. The first-order valence-electron chi connectivity index (χ1n) is 8.34. The number of ether oxygens (including phenoxy) is 2. The summed E-state index contributed by atoms with van der Waals surface area (Å²) in [5.41, 5.74) is 0.363. The zero-order chi connectivity index (χ0) is 19.0. The Labute approximate surface area is 179 Å². The molecule has 10 heteroatoms. The van der Waals surface area contributed by atoms with Gasteiger partial charge >= 0.3 is 6.61 Å². The average molecular weight is 520 g/mol. The Morgan fingerprint density at radius 1 is 1.44 bits per heavy atom. The second-order valence-electron chi connectivity index (χ2n) is 6.19. The summed E-state index contributed by atoms with van der Waals surface area (Å²) in [5.74, 6) is 0.575. The van der Waals surface area contributed by atoms with Crippen LogP contribution in [-0.4, -0.2) is 51.1 Å². The fourth-order valence-corrected chi connectivity index (χ4v) is 3.07. The molecule has 1 saturated heterocycles. The Morgan fingerprint density at radius 3 is 2.81 bits per heavy atom. The van der Waals surface area contributed by atoms with Crippen LogP contribution in [0.25, 0.3) is 0 Å². The van der Waals surface area contributed by atoms with Crippen molar-refractivity contribution in [3.63, 3.8) is 0 Å². The molecule has 3 N–H and O–H groups in total. The van der Waals surface area contributed by atoms with Crippen molar-refractivity contribution in [2.24, 2.45) is 10.4 Å². The van der Waals surface area contributed by atoms with Crippen LogP contribution in [0.5, 0.6) is 5.75 Å². The van der Waals surface area contributed by atoms with Gasteiger partial charge in [0.15, 0.2) is 5.96 Å². The molecule has 0 radical (unpaired) electrons. The lowest BCUT2D eigenvalue weighted by molar-refractivity contribution is -0.0504. The number of nitrogens with one attached hydrogen (secondary N) is 2. The van der Waals surface area contributed by atoms with Crippen molar-refractivity contribution in [2.45, 2.75) is 26.0 Å². The van der Waals surface area contributed by atoms with E-state index in [2.05, 4.69) is 20.4 Å². The smallest absolute Gasteiger partial charge is 0.387 e. The SMILES string of the molecule is CN=C(NCc1cc(Cl)ccc1OC(F)F)NCC1(CCO)CCOC1.I. The van der Waals surface area contributed by atoms with Crippen LogP contribution in [0, 0.1) is 5.41 Å². The summed E-state index contributed by atoms with van der Waals surface area (Å²) >= 11 is 5.95. The quantitative estimate of drug-likeness (QED) is 0.280. The minimum absolute atomic E-state index is 0. The Balaban J connectivity index is 0.00000364. The lowest BCUT2D eigenvalue weighted by Gasteiger charge is -2.27. The van der Waals surface area contributed by atoms with E-state index in [9.17, 15) is 13.9 Å². The highest BCUT2D eigenvalue weighted by Crippen LogP contribution is 2.31. The molecule has 0 aliphatic carbocycles. The van der Waals surface area contributed by atoms with E-state index in [1.807, 2.05) is 0 Å². The van der Waals surface area contributed by atoms with Gasteiger partial charge < -0.3 is 25.2 Å². The van der Waals surface area contributed by atoms with Crippen molar-refractivity contribution < 1.29 is 23.4 Å². The van der Waals surface area contributed by atoms with Crippen molar-refractivity contribution in [3.05, 3.63) is 28.8 Å². The number of rotatable bonds is 8. The van der Waals surface area contributed by atoms with Gasteiger partial charge in [0.05, 0.1) is 6.61 Å². The third kappa shape index (κ3) is 7.55. The van der Waals surface area contributed by atoms with Crippen molar-refractivity contribution in [2.75, 3.05) is 33.4 Å². The predicted octanol–water partition coefficient (Wildman–Crippen LogP) is 3.01. The predicted molar refractivity (Wildman–Crippen MR) is 111 cm³/mol. The molecule has 154 valence electrons. The van der Waals surface area contributed by atoms with Gasteiger partial charge in [0.25, 0.3) is 0 Å². The van der Waals surface area contributed by atoms with Gasteiger partial charge in [-0.25, -0.2) is 0 Å². The molecular formula is C17H25ClF2IN3O3. The highest BCUT2D eigenvalue weighted by atomic mass is 127. The van der Waals surface area contributed by atoms with Gasteiger partial charge in [-0.2, -0.15) is 8.78 Å². The van der Waals surface area contributed by atoms with E-state index in [0.29, 0.717) is 42.7 Å². The molecule has 0 bridgehead atoms. The Morgan fingerprint density at radius 2 is 2.22 bits per heavy atom. The van der Waals surface area contributed by atoms with Crippen LogP contribution in [0.1, 0.15) is 18.4 Å². The maximum atomic E-state index is 12.5. The maximum Gasteiger partial charge on any atom is 0.387 e. The van der Waals surface area contributed by atoms with E-state index in [4.69, 9.17) is 16.3 Å². The van der Waals surface area contributed by atoms with Gasteiger partial charge in [-0.3, -0.25) is 4.99 Å². The highest BCUT2D eigenvalue weighted by Gasteiger charge is 2.34. The van der Waals surface area contributed by atoms with E-state index in [1.165, 1.54) is 12.1 Å². The third-order valence-electron chi connectivity index (χ3n) is 4.37. The summed E-state index contributed by atoms with van der Waals surface area (Å²) in [4.78, 5) is 4.14. The van der Waals surface area contributed by atoms with E-state index in [1.54, 1.807) is 13.1 Å². The van der Waals surface area contributed by atoms with Gasteiger partial charge in [-0.15, -0.1) is 24.0 Å². The number of alkyl halides is 2. The molecule has 1 aromatic carbocycles. The monoisotopic (exact) mass is 519 g/mol. The van der Waals surface area contributed by atoms with Crippen LogP contribution in [0.4, 0.5) is 8.78 Å². The second kappa shape index (κ2) is 11.8. The van der Waals surface area contributed by atoms with Crippen LogP contribution >= 0.6 is 35.6 Å². The van der Waals surface area contributed by atoms with Crippen molar-refractivity contribution in [3.8, 4) is 5.75 Å². The molecule has 2 rings (SSSR count). The van der Waals surface area contributed by atoms with Crippen LogP contribution in [0.2, 0.25) is 5.02 Å². The van der Waals surface area contributed by atoms with Crippen molar-refractivity contribution in [1.82, 2.24) is 10.6 Å². The number of nitrogens with zero attached hydrogens (tertiary/aromatic N) is 1. The third-order valence-corrected chi connectivity index (χ3v) is 4.60. The molecular weight excluding hydrogens is 495 g/mol. The van der Waals surface area contributed by atoms with Crippen molar-refractivity contribution >= 4 is 41.5 Å². The van der Waals surface area contributed by atoms with Crippen LogP contribution in [-0.2, 0) is 11.3 Å². The average Bonchev–Trinajstić information content (AvgIpc) is 3.06. The number of aliphatic imine (C=N–C) groups is 1. The van der Waals surface area contributed by atoms with Gasteiger partial charge in [0, 0.05) is 49.4 Å². The fourth-order valence-electron chi connectivity index (χ4n) is 2.88. The topological polar surface area (TPSA) is 75.1 Å².